The third kappa shape index (κ3) is 2.29. The molecular weight excluding hydrogens is 194 g/mol. The normalized spacial score (nSPS) is 9.69. The lowest BCUT2D eigenvalue weighted by molar-refractivity contribution is 0.0520. The highest BCUT2D eigenvalue weighted by molar-refractivity contribution is 6.29. The van der Waals surface area contributed by atoms with E-state index in [9.17, 15) is 4.79 Å². The maximum Gasteiger partial charge on any atom is 0.360 e. The lowest BCUT2D eigenvalue weighted by atomic mass is 10.4. The smallest absolute Gasteiger partial charge is 0.360 e. The Kier molecular flexibility index (Phi) is 3.02. The molecule has 0 atom stereocenters. The first-order valence-corrected chi connectivity index (χ1v) is 3.98. The number of hydrogen-bond acceptors (Lipinski definition) is 5. The Bertz CT molecular complexity index is 330. The highest BCUT2D eigenvalue weighted by Gasteiger charge is 2.13. The molecule has 0 aromatic carbocycles. The summed E-state index contributed by atoms with van der Waals surface area (Å²) in [4.78, 5) is 18.5. The van der Waals surface area contributed by atoms with Crippen molar-refractivity contribution in [3.8, 4) is 0 Å². The van der Waals surface area contributed by atoms with Crippen LogP contribution in [0.2, 0.25) is 5.15 Å². The Hall–Kier alpha value is -1.36. The molecule has 0 unspecified atom stereocenters. The minimum atomic E-state index is -0.616. The molecule has 1 rings (SSSR count). The van der Waals surface area contributed by atoms with Crippen molar-refractivity contribution < 1.29 is 9.53 Å². The Labute approximate surface area is 79.9 Å². The van der Waals surface area contributed by atoms with Crippen LogP contribution in [0.1, 0.15) is 17.4 Å². The van der Waals surface area contributed by atoms with Gasteiger partial charge in [0, 0.05) is 0 Å². The van der Waals surface area contributed by atoms with Gasteiger partial charge in [-0.15, -0.1) is 0 Å². The fraction of sp³-hybridized carbons (Fsp3) is 0.286. The second-order valence-electron chi connectivity index (χ2n) is 2.15. The zero-order valence-corrected chi connectivity index (χ0v) is 7.71. The van der Waals surface area contributed by atoms with Crippen LogP contribution in [0.4, 0.5) is 5.82 Å². The number of nitrogens with two attached hydrogens (primary N) is 1. The predicted octanol–water partition coefficient (Wildman–Crippen LogP) is 0.889. The Morgan fingerprint density at radius 2 is 2.46 bits per heavy atom. The van der Waals surface area contributed by atoms with Gasteiger partial charge >= 0.3 is 5.97 Å². The summed E-state index contributed by atoms with van der Waals surface area (Å²) in [5.74, 6) is -0.599. The molecule has 0 aliphatic rings. The number of nitrogen functional groups attached to an aromatic ring is 1. The molecule has 0 fully saturated rings. The van der Waals surface area contributed by atoms with Crippen LogP contribution in [-0.4, -0.2) is 22.5 Å². The van der Waals surface area contributed by atoms with E-state index in [4.69, 9.17) is 17.3 Å². The van der Waals surface area contributed by atoms with Gasteiger partial charge in [-0.1, -0.05) is 11.6 Å². The molecule has 13 heavy (non-hydrogen) atoms. The standard InChI is InChI=1S/C7H8ClN3O2/c1-2-13-7(12)5-6(9)10-3-4(8)11-5/h3H,2H2,1H3,(H2,9,10). The van der Waals surface area contributed by atoms with E-state index in [0.717, 1.165) is 0 Å². The summed E-state index contributed by atoms with van der Waals surface area (Å²) in [5, 5.41) is 0.109. The maximum absolute atomic E-state index is 11.2. The first-order valence-electron chi connectivity index (χ1n) is 3.60. The van der Waals surface area contributed by atoms with Gasteiger partial charge in [-0.3, -0.25) is 0 Å². The van der Waals surface area contributed by atoms with Crippen LogP contribution in [0.25, 0.3) is 0 Å². The minimum Gasteiger partial charge on any atom is -0.461 e. The molecule has 0 saturated heterocycles. The van der Waals surface area contributed by atoms with E-state index in [-0.39, 0.29) is 23.3 Å². The SMILES string of the molecule is CCOC(=O)c1nc(Cl)cnc1N. The number of carbonyl (C=O) groups excluding carboxylic acids is 1. The molecule has 0 aliphatic carbocycles. The van der Waals surface area contributed by atoms with Crippen LogP contribution in [-0.2, 0) is 4.74 Å². The molecule has 5 nitrogen and oxygen atoms in total. The lowest BCUT2D eigenvalue weighted by Crippen LogP contribution is -2.11. The van der Waals surface area contributed by atoms with E-state index in [0.29, 0.717) is 0 Å². The van der Waals surface area contributed by atoms with Crippen LogP contribution < -0.4 is 5.73 Å². The highest BCUT2D eigenvalue weighted by Crippen LogP contribution is 2.10. The van der Waals surface area contributed by atoms with Crippen molar-refractivity contribution in [3.05, 3.63) is 17.0 Å². The van der Waals surface area contributed by atoms with Gasteiger partial charge in [-0.25, -0.2) is 14.8 Å². The van der Waals surface area contributed by atoms with Crippen molar-refractivity contribution in [3.63, 3.8) is 0 Å². The predicted molar refractivity (Wildman–Crippen MR) is 47.4 cm³/mol. The van der Waals surface area contributed by atoms with Crippen LogP contribution in [0.15, 0.2) is 6.20 Å². The summed E-state index contributed by atoms with van der Waals surface area (Å²) in [6.07, 6.45) is 1.26. The summed E-state index contributed by atoms with van der Waals surface area (Å²) < 4.78 is 4.68. The van der Waals surface area contributed by atoms with Crippen molar-refractivity contribution in [2.24, 2.45) is 0 Å². The van der Waals surface area contributed by atoms with E-state index in [1.165, 1.54) is 6.20 Å². The average molecular weight is 202 g/mol. The zero-order chi connectivity index (χ0) is 9.84. The van der Waals surface area contributed by atoms with E-state index >= 15 is 0 Å². The monoisotopic (exact) mass is 201 g/mol. The van der Waals surface area contributed by atoms with Crippen molar-refractivity contribution >= 4 is 23.4 Å². The molecule has 6 heteroatoms. The molecule has 0 amide bonds. The van der Waals surface area contributed by atoms with Gasteiger partial charge in [-0.2, -0.15) is 0 Å². The number of ether oxygens (including phenoxy) is 1. The number of anilines is 1. The summed E-state index contributed by atoms with van der Waals surface area (Å²) in [5.41, 5.74) is 5.34. The highest BCUT2D eigenvalue weighted by atomic mass is 35.5. The number of aromatic nitrogens is 2. The van der Waals surface area contributed by atoms with E-state index < -0.39 is 5.97 Å². The van der Waals surface area contributed by atoms with Crippen LogP contribution >= 0.6 is 11.6 Å². The van der Waals surface area contributed by atoms with Gasteiger partial charge in [0.15, 0.2) is 11.5 Å². The first kappa shape index (κ1) is 9.73. The second kappa shape index (κ2) is 4.04. The third-order valence-corrected chi connectivity index (χ3v) is 1.42. The van der Waals surface area contributed by atoms with Gasteiger partial charge in [0.2, 0.25) is 0 Å². The first-order chi connectivity index (χ1) is 6.15. The second-order valence-corrected chi connectivity index (χ2v) is 2.53. The fourth-order valence-corrected chi connectivity index (χ4v) is 0.860. The molecule has 1 aromatic heterocycles. The summed E-state index contributed by atoms with van der Waals surface area (Å²) in [7, 11) is 0. The topological polar surface area (TPSA) is 78.1 Å². The van der Waals surface area contributed by atoms with Gasteiger partial charge in [0.25, 0.3) is 0 Å². The number of carbonyl (C=O) groups is 1. The molecule has 0 radical (unpaired) electrons. The summed E-state index contributed by atoms with van der Waals surface area (Å²) >= 11 is 5.52. The number of halogens is 1. The average Bonchev–Trinajstić information content (AvgIpc) is 2.09. The molecule has 2 N–H and O–H groups in total. The van der Waals surface area contributed by atoms with Crippen LogP contribution in [0.5, 0.6) is 0 Å². The number of rotatable bonds is 2. The summed E-state index contributed by atoms with van der Waals surface area (Å²) in [6.45, 7) is 1.94. The number of hydrogen-bond donors (Lipinski definition) is 1. The van der Waals surface area contributed by atoms with Crippen molar-refractivity contribution in [2.45, 2.75) is 6.92 Å². The molecule has 1 heterocycles. The van der Waals surface area contributed by atoms with Crippen molar-refractivity contribution in [2.75, 3.05) is 12.3 Å². The van der Waals surface area contributed by atoms with Gasteiger partial charge < -0.3 is 10.5 Å². The van der Waals surface area contributed by atoms with Crippen LogP contribution in [0.3, 0.4) is 0 Å². The van der Waals surface area contributed by atoms with E-state index in [1.54, 1.807) is 6.92 Å². The fourth-order valence-electron chi connectivity index (χ4n) is 0.727. The van der Waals surface area contributed by atoms with Gasteiger partial charge in [-0.05, 0) is 6.92 Å². The van der Waals surface area contributed by atoms with Crippen molar-refractivity contribution in [1.82, 2.24) is 9.97 Å². The third-order valence-electron chi connectivity index (χ3n) is 1.24. The maximum atomic E-state index is 11.2. The van der Waals surface area contributed by atoms with E-state index in [2.05, 4.69) is 14.7 Å². The van der Waals surface area contributed by atoms with Crippen LogP contribution in [0, 0.1) is 0 Å². The Morgan fingerprint density at radius 1 is 1.77 bits per heavy atom. The van der Waals surface area contributed by atoms with Gasteiger partial charge in [0.05, 0.1) is 12.8 Å². The molecule has 0 saturated carbocycles. The molecular formula is C7H8ClN3O2. The summed E-state index contributed by atoms with van der Waals surface area (Å²) in [6, 6.07) is 0. The molecule has 0 bridgehead atoms. The van der Waals surface area contributed by atoms with E-state index in [1.807, 2.05) is 0 Å². The number of esters is 1. The number of nitrogens with zero attached hydrogens (tertiary/aromatic N) is 2. The Balaban J connectivity index is 2.99. The van der Waals surface area contributed by atoms with Gasteiger partial charge in [0.1, 0.15) is 5.15 Å². The lowest BCUT2D eigenvalue weighted by Gasteiger charge is -2.02. The molecule has 70 valence electrons. The largest absolute Gasteiger partial charge is 0.461 e. The molecule has 1 aromatic rings. The van der Waals surface area contributed by atoms with Crippen molar-refractivity contribution in [1.29, 1.82) is 0 Å². The molecule has 0 aliphatic heterocycles. The molecule has 0 spiro atoms. The quantitative estimate of drug-likeness (QED) is 0.719. The zero-order valence-electron chi connectivity index (χ0n) is 6.95. The Morgan fingerprint density at radius 3 is 3.08 bits per heavy atom. The minimum absolute atomic E-state index is 0.0165.